The Labute approximate surface area is 125 Å². The minimum Gasteiger partial charge on any atom is -0.493 e. The molecule has 3 heteroatoms. The summed E-state index contributed by atoms with van der Waals surface area (Å²) in [6, 6.07) is 9.23. The highest BCUT2D eigenvalue weighted by Crippen LogP contribution is 2.29. The van der Waals surface area contributed by atoms with Crippen molar-refractivity contribution in [2.75, 3.05) is 14.2 Å². The highest BCUT2D eigenvalue weighted by molar-refractivity contribution is 6.10. The van der Waals surface area contributed by atoms with E-state index in [0.29, 0.717) is 17.1 Å². The summed E-state index contributed by atoms with van der Waals surface area (Å²) in [6.45, 7) is 6.02. The van der Waals surface area contributed by atoms with Crippen molar-refractivity contribution < 1.29 is 14.3 Å². The molecule has 0 saturated heterocycles. The molecule has 0 aromatic heterocycles. The van der Waals surface area contributed by atoms with E-state index >= 15 is 0 Å². The normalized spacial score (nSPS) is 10.3. The molecular weight excluding hydrogens is 264 g/mol. The van der Waals surface area contributed by atoms with Crippen LogP contribution in [0.3, 0.4) is 0 Å². The molecule has 0 radical (unpaired) electrons. The average molecular weight is 284 g/mol. The third-order valence-electron chi connectivity index (χ3n) is 3.73. The van der Waals surface area contributed by atoms with Crippen molar-refractivity contribution in [3.05, 3.63) is 58.1 Å². The lowest BCUT2D eigenvalue weighted by Gasteiger charge is -2.11. The quantitative estimate of drug-likeness (QED) is 0.800. The number of rotatable bonds is 4. The van der Waals surface area contributed by atoms with Gasteiger partial charge in [0.2, 0.25) is 0 Å². The van der Waals surface area contributed by atoms with Gasteiger partial charge in [0.15, 0.2) is 17.3 Å². The predicted molar refractivity (Wildman–Crippen MR) is 83.6 cm³/mol. The summed E-state index contributed by atoms with van der Waals surface area (Å²) in [7, 11) is 3.14. The van der Waals surface area contributed by atoms with Crippen molar-refractivity contribution in [3.63, 3.8) is 0 Å². The highest BCUT2D eigenvalue weighted by Gasteiger charge is 2.15. The van der Waals surface area contributed by atoms with Crippen molar-refractivity contribution in [3.8, 4) is 11.5 Å². The fourth-order valence-corrected chi connectivity index (χ4v) is 2.34. The van der Waals surface area contributed by atoms with Crippen LogP contribution in [0.5, 0.6) is 11.5 Å². The van der Waals surface area contributed by atoms with Crippen LogP contribution in [0.4, 0.5) is 0 Å². The van der Waals surface area contributed by atoms with E-state index in [4.69, 9.17) is 9.47 Å². The van der Waals surface area contributed by atoms with Gasteiger partial charge in [0.1, 0.15) is 0 Å². The van der Waals surface area contributed by atoms with Crippen molar-refractivity contribution in [2.45, 2.75) is 20.8 Å². The van der Waals surface area contributed by atoms with Crippen molar-refractivity contribution in [2.24, 2.45) is 0 Å². The number of carbonyl (C=O) groups excluding carboxylic acids is 1. The molecule has 0 fully saturated rings. The fraction of sp³-hybridized carbons (Fsp3) is 0.278. The molecule has 0 aliphatic rings. The van der Waals surface area contributed by atoms with Gasteiger partial charge >= 0.3 is 0 Å². The van der Waals surface area contributed by atoms with Crippen LogP contribution in [0.25, 0.3) is 0 Å². The number of methoxy groups -OCH3 is 2. The molecule has 3 nitrogen and oxygen atoms in total. The number of carbonyl (C=O) groups is 1. The van der Waals surface area contributed by atoms with Crippen molar-refractivity contribution in [1.82, 2.24) is 0 Å². The van der Waals surface area contributed by atoms with Gasteiger partial charge in [0, 0.05) is 11.1 Å². The molecule has 110 valence electrons. The summed E-state index contributed by atoms with van der Waals surface area (Å²) in [5, 5.41) is 0. The van der Waals surface area contributed by atoms with Crippen LogP contribution in [0, 0.1) is 20.8 Å². The van der Waals surface area contributed by atoms with E-state index < -0.39 is 0 Å². The molecule has 0 bridgehead atoms. The average Bonchev–Trinajstić information content (AvgIpc) is 2.49. The summed E-state index contributed by atoms with van der Waals surface area (Å²) in [4.78, 5) is 12.7. The zero-order valence-electron chi connectivity index (χ0n) is 13.1. The Balaban J connectivity index is 2.47. The van der Waals surface area contributed by atoms with Crippen LogP contribution in [0.2, 0.25) is 0 Å². The Kier molecular flexibility index (Phi) is 4.32. The molecule has 2 aromatic rings. The lowest BCUT2D eigenvalue weighted by Crippen LogP contribution is -2.05. The summed E-state index contributed by atoms with van der Waals surface area (Å²) in [5.74, 6) is 1.17. The summed E-state index contributed by atoms with van der Waals surface area (Å²) in [5.41, 5.74) is 4.61. The summed E-state index contributed by atoms with van der Waals surface area (Å²) >= 11 is 0. The van der Waals surface area contributed by atoms with Gasteiger partial charge in [-0.15, -0.1) is 0 Å². The van der Waals surface area contributed by atoms with Crippen LogP contribution in [0.15, 0.2) is 30.3 Å². The molecule has 2 rings (SSSR count). The minimum atomic E-state index is -0.00319. The maximum atomic E-state index is 12.7. The molecular formula is C18H20O3. The molecule has 0 saturated carbocycles. The summed E-state index contributed by atoms with van der Waals surface area (Å²) in [6.07, 6.45) is 0. The number of hydrogen-bond acceptors (Lipinski definition) is 3. The van der Waals surface area contributed by atoms with Gasteiger partial charge in [-0.25, -0.2) is 0 Å². The van der Waals surface area contributed by atoms with Crippen molar-refractivity contribution in [1.29, 1.82) is 0 Å². The topological polar surface area (TPSA) is 35.5 Å². The second-order valence-electron chi connectivity index (χ2n) is 5.15. The molecule has 0 unspecified atom stereocenters. The molecule has 0 heterocycles. The molecule has 0 aliphatic heterocycles. The molecule has 0 atom stereocenters. The van der Waals surface area contributed by atoms with Gasteiger partial charge in [-0.1, -0.05) is 6.07 Å². The summed E-state index contributed by atoms with van der Waals surface area (Å²) < 4.78 is 10.5. The van der Waals surface area contributed by atoms with Crippen LogP contribution in [-0.4, -0.2) is 20.0 Å². The third-order valence-corrected chi connectivity index (χ3v) is 3.73. The number of hydrogen-bond donors (Lipinski definition) is 0. The molecule has 0 N–H and O–H groups in total. The van der Waals surface area contributed by atoms with E-state index in [1.165, 1.54) is 5.56 Å². The molecule has 0 amide bonds. The van der Waals surface area contributed by atoms with Gasteiger partial charge in [-0.05, 0) is 61.7 Å². The van der Waals surface area contributed by atoms with Gasteiger partial charge in [-0.2, -0.15) is 0 Å². The van der Waals surface area contributed by atoms with Crippen LogP contribution >= 0.6 is 0 Å². The van der Waals surface area contributed by atoms with E-state index in [1.807, 2.05) is 32.9 Å². The zero-order valence-corrected chi connectivity index (χ0v) is 13.1. The number of benzene rings is 2. The van der Waals surface area contributed by atoms with Gasteiger partial charge in [0.05, 0.1) is 14.2 Å². The lowest BCUT2D eigenvalue weighted by atomic mass is 9.94. The van der Waals surface area contributed by atoms with E-state index in [-0.39, 0.29) is 5.78 Å². The maximum absolute atomic E-state index is 12.7. The molecule has 0 aliphatic carbocycles. The zero-order chi connectivity index (χ0) is 15.6. The minimum absolute atomic E-state index is 0.00319. The van der Waals surface area contributed by atoms with Gasteiger partial charge in [0.25, 0.3) is 0 Å². The van der Waals surface area contributed by atoms with Crippen LogP contribution in [0.1, 0.15) is 32.6 Å². The highest BCUT2D eigenvalue weighted by atomic mass is 16.5. The van der Waals surface area contributed by atoms with Gasteiger partial charge in [-0.3, -0.25) is 4.79 Å². The maximum Gasteiger partial charge on any atom is 0.193 e. The first kappa shape index (κ1) is 15.1. The van der Waals surface area contributed by atoms with Crippen LogP contribution < -0.4 is 9.47 Å². The number of ketones is 1. The Morgan fingerprint density at radius 2 is 1.43 bits per heavy atom. The first-order valence-electron chi connectivity index (χ1n) is 6.82. The monoisotopic (exact) mass is 284 g/mol. The fourth-order valence-electron chi connectivity index (χ4n) is 2.34. The SMILES string of the molecule is COc1ccc(C(=O)c2cc(C)c(C)cc2C)cc1OC. The smallest absolute Gasteiger partial charge is 0.193 e. The number of ether oxygens (including phenoxy) is 2. The van der Waals surface area contributed by atoms with E-state index in [1.54, 1.807) is 32.4 Å². The number of aryl methyl sites for hydroxylation is 3. The Morgan fingerprint density at radius 1 is 0.810 bits per heavy atom. The standard InChI is InChI=1S/C18H20O3/c1-11-8-13(3)15(9-12(11)2)18(19)14-6-7-16(20-4)17(10-14)21-5/h6-10H,1-5H3. The Bertz CT molecular complexity index is 687. The largest absolute Gasteiger partial charge is 0.493 e. The molecule has 2 aromatic carbocycles. The third kappa shape index (κ3) is 2.92. The second-order valence-corrected chi connectivity index (χ2v) is 5.15. The molecule has 0 spiro atoms. The molecule has 21 heavy (non-hydrogen) atoms. The predicted octanol–water partition coefficient (Wildman–Crippen LogP) is 3.86. The van der Waals surface area contributed by atoms with Gasteiger partial charge < -0.3 is 9.47 Å². The second kappa shape index (κ2) is 6.00. The van der Waals surface area contributed by atoms with Crippen LogP contribution in [-0.2, 0) is 0 Å². The van der Waals surface area contributed by atoms with E-state index in [2.05, 4.69) is 0 Å². The first-order chi connectivity index (χ1) is 9.97. The van der Waals surface area contributed by atoms with E-state index in [0.717, 1.165) is 16.7 Å². The first-order valence-corrected chi connectivity index (χ1v) is 6.82. The van der Waals surface area contributed by atoms with E-state index in [9.17, 15) is 4.79 Å². The lowest BCUT2D eigenvalue weighted by molar-refractivity contribution is 0.103. The Hall–Kier alpha value is -2.29. The Morgan fingerprint density at radius 3 is 2.05 bits per heavy atom. The van der Waals surface area contributed by atoms with Crippen molar-refractivity contribution >= 4 is 5.78 Å².